The van der Waals surface area contributed by atoms with Gasteiger partial charge in [0.2, 0.25) is 0 Å². The molecule has 1 heterocycles. The third-order valence-electron chi connectivity index (χ3n) is 2.23. The lowest BCUT2D eigenvalue weighted by atomic mass is 10.0. The van der Waals surface area contributed by atoms with Crippen LogP contribution in [0.15, 0.2) is 30.5 Å². The van der Waals surface area contributed by atoms with Crippen LogP contribution in [-0.2, 0) is 0 Å². The number of aromatic nitrogens is 1. The molecule has 0 radical (unpaired) electrons. The number of fused-ring (bicyclic) bond motifs is 1. The first-order chi connectivity index (χ1) is 7.61. The maximum absolute atomic E-state index is 11.0. The lowest BCUT2D eigenvalue weighted by molar-refractivity contribution is 0.0695. The number of carbonyl (C=O) groups is 2. The number of rotatable bonds is 2. The highest BCUT2D eigenvalue weighted by Gasteiger charge is 2.15. The molecular weight excluding hydrogens is 210 g/mol. The third kappa shape index (κ3) is 1.48. The summed E-state index contributed by atoms with van der Waals surface area (Å²) in [5.74, 6) is -2.33. The SMILES string of the molecule is O=C(O)c1cccc2nccc(C(=O)O)c12. The van der Waals surface area contributed by atoms with Gasteiger partial charge in [-0.05, 0) is 18.2 Å². The Morgan fingerprint density at radius 2 is 1.62 bits per heavy atom. The molecule has 0 aliphatic carbocycles. The Bertz CT molecular complexity index is 543. The van der Waals surface area contributed by atoms with Crippen LogP contribution < -0.4 is 0 Å². The minimum atomic E-state index is -1.17. The van der Waals surface area contributed by atoms with E-state index >= 15 is 0 Å². The summed E-state index contributed by atoms with van der Waals surface area (Å²) in [4.78, 5) is 25.9. The van der Waals surface area contributed by atoms with Crippen LogP contribution in [0.3, 0.4) is 0 Å². The van der Waals surface area contributed by atoms with Crippen molar-refractivity contribution in [2.75, 3.05) is 0 Å². The van der Waals surface area contributed by atoms with Crippen molar-refractivity contribution in [2.45, 2.75) is 0 Å². The minimum Gasteiger partial charge on any atom is -0.478 e. The van der Waals surface area contributed by atoms with Crippen molar-refractivity contribution in [3.8, 4) is 0 Å². The van der Waals surface area contributed by atoms with Crippen LogP contribution in [-0.4, -0.2) is 27.1 Å². The van der Waals surface area contributed by atoms with Crippen LogP contribution in [0.2, 0.25) is 0 Å². The number of benzene rings is 1. The topological polar surface area (TPSA) is 87.5 Å². The molecule has 0 saturated carbocycles. The zero-order chi connectivity index (χ0) is 11.7. The average Bonchev–Trinajstić information content (AvgIpc) is 2.27. The molecule has 2 rings (SSSR count). The Morgan fingerprint density at radius 1 is 1.00 bits per heavy atom. The largest absolute Gasteiger partial charge is 0.478 e. The lowest BCUT2D eigenvalue weighted by Gasteiger charge is -2.04. The van der Waals surface area contributed by atoms with Gasteiger partial charge in [0.05, 0.1) is 16.6 Å². The molecule has 0 bridgehead atoms. The van der Waals surface area contributed by atoms with E-state index in [1.807, 2.05) is 0 Å². The number of nitrogens with zero attached hydrogens (tertiary/aromatic N) is 1. The monoisotopic (exact) mass is 217 g/mol. The lowest BCUT2D eigenvalue weighted by Crippen LogP contribution is -2.04. The molecule has 2 aromatic rings. The van der Waals surface area contributed by atoms with Crippen LogP contribution in [0.4, 0.5) is 0 Å². The molecule has 2 N–H and O–H groups in total. The van der Waals surface area contributed by atoms with Crippen molar-refractivity contribution in [3.63, 3.8) is 0 Å². The number of hydrogen-bond donors (Lipinski definition) is 2. The van der Waals surface area contributed by atoms with Crippen LogP contribution in [0.1, 0.15) is 20.7 Å². The fraction of sp³-hybridized carbons (Fsp3) is 0. The van der Waals surface area contributed by atoms with Gasteiger partial charge in [-0.3, -0.25) is 4.98 Å². The Hall–Kier alpha value is -2.43. The molecule has 0 aliphatic rings. The first-order valence-corrected chi connectivity index (χ1v) is 4.45. The third-order valence-corrected chi connectivity index (χ3v) is 2.23. The van der Waals surface area contributed by atoms with E-state index in [4.69, 9.17) is 10.2 Å². The number of aromatic carboxylic acids is 2. The molecular formula is C11H7NO4. The van der Waals surface area contributed by atoms with Crippen molar-refractivity contribution in [1.82, 2.24) is 4.98 Å². The molecule has 0 unspecified atom stereocenters. The summed E-state index contributed by atoms with van der Waals surface area (Å²) in [6, 6.07) is 5.76. The fourth-order valence-electron chi connectivity index (χ4n) is 1.56. The van der Waals surface area contributed by atoms with Crippen molar-refractivity contribution in [2.24, 2.45) is 0 Å². The van der Waals surface area contributed by atoms with E-state index in [1.165, 1.54) is 24.4 Å². The van der Waals surface area contributed by atoms with E-state index in [2.05, 4.69) is 4.98 Å². The van der Waals surface area contributed by atoms with E-state index in [-0.39, 0.29) is 16.5 Å². The minimum absolute atomic E-state index is 0.0528. The van der Waals surface area contributed by atoms with Crippen molar-refractivity contribution >= 4 is 22.8 Å². The van der Waals surface area contributed by atoms with Gasteiger partial charge in [0, 0.05) is 11.6 Å². The smallest absolute Gasteiger partial charge is 0.336 e. The molecule has 0 saturated heterocycles. The number of carboxylic acids is 2. The summed E-state index contributed by atoms with van der Waals surface area (Å²) in [6.07, 6.45) is 1.34. The molecule has 5 nitrogen and oxygen atoms in total. The van der Waals surface area contributed by atoms with E-state index < -0.39 is 11.9 Å². The molecule has 0 fully saturated rings. The second kappa shape index (κ2) is 3.62. The zero-order valence-electron chi connectivity index (χ0n) is 8.04. The number of pyridine rings is 1. The normalized spacial score (nSPS) is 10.2. The molecule has 16 heavy (non-hydrogen) atoms. The standard InChI is InChI=1S/C11H7NO4/c13-10(14)6-2-1-3-8-9(6)7(11(15)16)4-5-12-8/h1-5H,(H,13,14)(H,15,16). The van der Waals surface area contributed by atoms with Crippen molar-refractivity contribution in [1.29, 1.82) is 0 Å². The summed E-state index contributed by atoms with van der Waals surface area (Å²) < 4.78 is 0. The quantitative estimate of drug-likeness (QED) is 0.798. The molecule has 1 aromatic heterocycles. The van der Waals surface area contributed by atoms with E-state index in [0.717, 1.165) is 0 Å². The molecule has 0 aliphatic heterocycles. The maximum atomic E-state index is 11.0. The summed E-state index contributed by atoms with van der Waals surface area (Å²) >= 11 is 0. The van der Waals surface area contributed by atoms with Crippen LogP contribution in [0, 0.1) is 0 Å². The van der Waals surface area contributed by atoms with Gasteiger partial charge in [0.15, 0.2) is 0 Å². The van der Waals surface area contributed by atoms with Crippen molar-refractivity contribution < 1.29 is 19.8 Å². The molecule has 0 spiro atoms. The second-order valence-corrected chi connectivity index (χ2v) is 3.17. The van der Waals surface area contributed by atoms with Gasteiger partial charge in [0.25, 0.3) is 0 Å². The highest BCUT2D eigenvalue weighted by Crippen LogP contribution is 2.21. The molecule has 80 valence electrons. The molecule has 0 amide bonds. The van der Waals surface area contributed by atoms with E-state index in [1.54, 1.807) is 6.07 Å². The van der Waals surface area contributed by atoms with Gasteiger partial charge in [-0.1, -0.05) is 6.07 Å². The summed E-state index contributed by atoms with van der Waals surface area (Å²) in [5, 5.41) is 18.1. The van der Waals surface area contributed by atoms with Gasteiger partial charge < -0.3 is 10.2 Å². The van der Waals surface area contributed by atoms with E-state index in [0.29, 0.717) is 5.52 Å². The van der Waals surface area contributed by atoms with E-state index in [9.17, 15) is 9.59 Å². The summed E-state index contributed by atoms with van der Waals surface area (Å²) in [6.45, 7) is 0. The van der Waals surface area contributed by atoms with Gasteiger partial charge in [-0.2, -0.15) is 0 Å². The Morgan fingerprint density at radius 3 is 2.25 bits per heavy atom. The van der Waals surface area contributed by atoms with Gasteiger partial charge in [-0.15, -0.1) is 0 Å². The average molecular weight is 217 g/mol. The van der Waals surface area contributed by atoms with Crippen LogP contribution >= 0.6 is 0 Å². The molecule has 0 atom stereocenters. The fourth-order valence-corrected chi connectivity index (χ4v) is 1.56. The number of carboxylic acid groups (broad SMARTS) is 2. The van der Waals surface area contributed by atoms with Crippen LogP contribution in [0.25, 0.3) is 10.9 Å². The predicted octanol–water partition coefficient (Wildman–Crippen LogP) is 1.63. The van der Waals surface area contributed by atoms with Gasteiger partial charge >= 0.3 is 11.9 Å². The molecule has 1 aromatic carbocycles. The first-order valence-electron chi connectivity index (χ1n) is 4.45. The highest BCUT2D eigenvalue weighted by atomic mass is 16.4. The van der Waals surface area contributed by atoms with Gasteiger partial charge in [-0.25, -0.2) is 9.59 Å². The maximum Gasteiger partial charge on any atom is 0.336 e. The Balaban J connectivity index is 2.92. The first kappa shape index (κ1) is 10.1. The number of hydrogen-bond acceptors (Lipinski definition) is 3. The Labute approximate surface area is 90.0 Å². The second-order valence-electron chi connectivity index (χ2n) is 3.17. The predicted molar refractivity (Wildman–Crippen MR) is 55.7 cm³/mol. The summed E-state index contributed by atoms with van der Waals surface area (Å²) in [7, 11) is 0. The molecule has 5 heteroatoms. The van der Waals surface area contributed by atoms with Gasteiger partial charge in [0.1, 0.15) is 0 Å². The zero-order valence-corrected chi connectivity index (χ0v) is 8.04. The summed E-state index contributed by atoms with van der Waals surface area (Å²) in [5.41, 5.74) is 0.255. The van der Waals surface area contributed by atoms with Crippen molar-refractivity contribution in [3.05, 3.63) is 41.6 Å². The van der Waals surface area contributed by atoms with Crippen LogP contribution in [0.5, 0.6) is 0 Å². The Kier molecular flexibility index (Phi) is 2.28. The highest BCUT2D eigenvalue weighted by molar-refractivity contribution is 6.11.